The molecular weight excluding hydrogens is 221 g/mol. The van der Waals surface area contributed by atoms with E-state index in [2.05, 4.69) is 5.32 Å². The highest BCUT2D eigenvalue weighted by molar-refractivity contribution is 5.75. The van der Waals surface area contributed by atoms with E-state index in [-0.39, 0.29) is 17.9 Å². The first kappa shape index (κ1) is 11.9. The van der Waals surface area contributed by atoms with Crippen molar-refractivity contribution in [2.45, 2.75) is 12.5 Å². The van der Waals surface area contributed by atoms with Crippen molar-refractivity contribution < 1.29 is 9.18 Å². The molecule has 1 saturated heterocycles. The maximum absolute atomic E-state index is 12.8. The Morgan fingerprint density at radius 1 is 1.41 bits per heavy atom. The number of nitrogens with two attached hydrogens (primary N) is 1. The fraction of sp³-hybridized carbons (Fsp3) is 0.417. The number of halogens is 1. The van der Waals surface area contributed by atoms with E-state index >= 15 is 0 Å². The quantitative estimate of drug-likeness (QED) is 0.831. The Hall–Kier alpha value is -1.62. The zero-order valence-electron chi connectivity index (χ0n) is 9.53. The number of nitrogens with one attached hydrogen (secondary N) is 1. The highest BCUT2D eigenvalue weighted by Crippen LogP contribution is 2.21. The third kappa shape index (κ3) is 2.74. The van der Waals surface area contributed by atoms with Crippen LogP contribution in [-0.2, 0) is 0 Å². The molecule has 1 heterocycles. The van der Waals surface area contributed by atoms with E-state index in [1.807, 2.05) is 0 Å². The first-order chi connectivity index (χ1) is 8.20. The van der Waals surface area contributed by atoms with Gasteiger partial charge in [0.25, 0.3) is 0 Å². The van der Waals surface area contributed by atoms with Crippen molar-refractivity contribution in [3.8, 4) is 0 Å². The molecular formula is C12H16FN3O. The molecule has 0 aromatic heterocycles. The van der Waals surface area contributed by atoms with E-state index in [0.717, 1.165) is 12.0 Å². The number of hydrogen-bond donors (Lipinski definition) is 2. The van der Waals surface area contributed by atoms with Crippen molar-refractivity contribution in [3.05, 3.63) is 35.6 Å². The van der Waals surface area contributed by atoms with Gasteiger partial charge in [-0.15, -0.1) is 0 Å². The lowest BCUT2D eigenvalue weighted by Crippen LogP contribution is -2.49. The summed E-state index contributed by atoms with van der Waals surface area (Å²) < 4.78 is 12.8. The zero-order valence-corrected chi connectivity index (χ0v) is 9.53. The SMILES string of the molecule is NCCN1CCC(c2ccc(F)cc2)NC1=O. The first-order valence-corrected chi connectivity index (χ1v) is 5.71. The predicted octanol–water partition coefficient (Wildman–Crippen LogP) is 1.24. The van der Waals surface area contributed by atoms with Gasteiger partial charge in [0, 0.05) is 19.6 Å². The van der Waals surface area contributed by atoms with Gasteiger partial charge in [-0.3, -0.25) is 0 Å². The number of urea groups is 1. The summed E-state index contributed by atoms with van der Waals surface area (Å²) in [5.74, 6) is -0.263. The maximum Gasteiger partial charge on any atom is 0.317 e. The molecule has 0 aliphatic carbocycles. The normalized spacial score (nSPS) is 20.2. The van der Waals surface area contributed by atoms with Crippen molar-refractivity contribution in [1.82, 2.24) is 10.2 Å². The summed E-state index contributed by atoms with van der Waals surface area (Å²) in [5, 5.41) is 2.90. The maximum atomic E-state index is 12.8. The third-order valence-electron chi connectivity index (χ3n) is 2.94. The standard InChI is InChI=1S/C12H16FN3O/c13-10-3-1-9(2-4-10)11-5-7-16(8-6-14)12(17)15-11/h1-4,11H,5-8,14H2,(H,15,17). The molecule has 0 saturated carbocycles. The minimum atomic E-state index is -0.263. The van der Waals surface area contributed by atoms with Gasteiger partial charge in [-0.1, -0.05) is 12.1 Å². The highest BCUT2D eigenvalue weighted by atomic mass is 19.1. The second-order valence-corrected chi connectivity index (χ2v) is 4.12. The van der Waals surface area contributed by atoms with Crippen molar-refractivity contribution >= 4 is 6.03 Å². The predicted molar refractivity (Wildman–Crippen MR) is 62.9 cm³/mol. The molecule has 1 fully saturated rings. The van der Waals surface area contributed by atoms with E-state index in [9.17, 15) is 9.18 Å². The molecule has 4 nitrogen and oxygen atoms in total. The molecule has 0 radical (unpaired) electrons. The molecule has 1 aliphatic rings. The number of carbonyl (C=O) groups excluding carboxylic acids is 1. The molecule has 92 valence electrons. The van der Waals surface area contributed by atoms with Crippen molar-refractivity contribution in [2.24, 2.45) is 5.73 Å². The Kier molecular flexibility index (Phi) is 3.58. The molecule has 1 aliphatic heterocycles. The Morgan fingerprint density at radius 3 is 2.71 bits per heavy atom. The van der Waals surface area contributed by atoms with E-state index in [4.69, 9.17) is 5.73 Å². The van der Waals surface area contributed by atoms with Gasteiger partial charge >= 0.3 is 6.03 Å². The molecule has 1 unspecified atom stereocenters. The lowest BCUT2D eigenvalue weighted by Gasteiger charge is -2.32. The summed E-state index contributed by atoms with van der Waals surface area (Å²) in [5.41, 5.74) is 6.36. The lowest BCUT2D eigenvalue weighted by atomic mass is 10.0. The second-order valence-electron chi connectivity index (χ2n) is 4.12. The van der Waals surface area contributed by atoms with Crippen LogP contribution in [0.15, 0.2) is 24.3 Å². The van der Waals surface area contributed by atoms with Gasteiger partial charge in [0.15, 0.2) is 0 Å². The second kappa shape index (κ2) is 5.14. The summed E-state index contributed by atoms with van der Waals surface area (Å²) >= 11 is 0. The van der Waals surface area contributed by atoms with Gasteiger partial charge in [-0.05, 0) is 24.1 Å². The molecule has 3 N–H and O–H groups in total. The van der Waals surface area contributed by atoms with Crippen LogP contribution in [0.2, 0.25) is 0 Å². The largest absolute Gasteiger partial charge is 0.331 e. The Balaban J connectivity index is 2.01. The molecule has 0 bridgehead atoms. The van der Waals surface area contributed by atoms with Crippen LogP contribution >= 0.6 is 0 Å². The van der Waals surface area contributed by atoms with Crippen molar-refractivity contribution in [2.75, 3.05) is 19.6 Å². The Labute approximate surface area is 99.6 Å². The summed E-state index contributed by atoms with van der Waals surface area (Å²) in [6, 6.07) is 6.10. The van der Waals surface area contributed by atoms with Crippen LogP contribution in [0.1, 0.15) is 18.0 Å². The zero-order chi connectivity index (χ0) is 12.3. The summed E-state index contributed by atoms with van der Waals surface area (Å²) in [4.78, 5) is 13.4. The number of rotatable bonds is 3. The van der Waals surface area contributed by atoms with Crippen LogP contribution in [0, 0.1) is 5.82 Å². The summed E-state index contributed by atoms with van der Waals surface area (Å²) in [6.45, 7) is 1.72. The lowest BCUT2D eigenvalue weighted by molar-refractivity contribution is 0.176. The van der Waals surface area contributed by atoms with E-state index in [0.29, 0.717) is 19.6 Å². The fourth-order valence-corrected chi connectivity index (χ4v) is 2.01. The number of hydrogen-bond acceptors (Lipinski definition) is 2. The number of carbonyl (C=O) groups is 1. The van der Waals surface area contributed by atoms with Gasteiger partial charge in [0.1, 0.15) is 5.82 Å². The molecule has 1 atom stereocenters. The van der Waals surface area contributed by atoms with Gasteiger partial charge in [-0.2, -0.15) is 0 Å². The van der Waals surface area contributed by atoms with Gasteiger partial charge in [-0.25, -0.2) is 9.18 Å². The topological polar surface area (TPSA) is 58.4 Å². The minimum Gasteiger partial charge on any atom is -0.331 e. The molecule has 0 spiro atoms. The first-order valence-electron chi connectivity index (χ1n) is 5.71. The van der Waals surface area contributed by atoms with Crippen LogP contribution in [0.5, 0.6) is 0 Å². The van der Waals surface area contributed by atoms with E-state index < -0.39 is 0 Å². The molecule has 2 rings (SSSR count). The summed E-state index contributed by atoms with van der Waals surface area (Å²) in [7, 11) is 0. The molecule has 1 aromatic carbocycles. The Bertz CT molecular complexity index is 393. The highest BCUT2D eigenvalue weighted by Gasteiger charge is 2.24. The van der Waals surface area contributed by atoms with Crippen LogP contribution in [-0.4, -0.2) is 30.6 Å². The number of benzene rings is 1. The molecule has 5 heteroatoms. The van der Waals surface area contributed by atoms with E-state index in [1.165, 1.54) is 12.1 Å². The van der Waals surface area contributed by atoms with Crippen LogP contribution in [0.25, 0.3) is 0 Å². The average Bonchev–Trinajstić information content (AvgIpc) is 2.33. The Morgan fingerprint density at radius 2 is 2.12 bits per heavy atom. The van der Waals surface area contributed by atoms with Gasteiger partial charge in [0.2, 0.25) is 0 Å². The van der Waals surface area contributed by atoms with Crippen molar-refractivity contribution in [3.63, 3.8) is 0 Å². The summed E-state index contributed by atoms with van der Waals surface area (Å²) in [6.07, 6.45) is 0.817. The molecule has 2 amide bonds. The van der Waals surface area contributed by atoms with Gasteiger partial charge < -0.3 is 16.0 Å². The van der Waals surface area contributed by atoms with Gasteiger partial charge in [0.05, 0.1) is 6.04 Å². The van der Waals surface area contributed by atoms with Crippen LogP contribution in [0.3, 0.4) is 0 Å². The molecule has 17 heavy (non-hydrogen) atoms. The number of amides is 2. The van der Waals surface area contributed by atoms with Crippen molar-refractivity contribution in [1.29, 1.82) is 0 Å². The van der Waals surface area contributed by atoms with E-state index in [1.54, 1.807) is 17.0 Å². The van der Waals surface area contributed by atoms with Crippen LogP contribution in [0.4, 0.5) is 9.18 Å². The average molecular weight is 237 g/mol. The van der Waals surface area contributed by atoms with Crippen LogP contribution < -0.4 is 11.1 Å². The monoisotopic (exact) mass is 237 g/mol. The fourth-order valence-electron chi connectivity index (χ4n) is 2.01. The minimum absolute atomic E-state index is 0.0304. The number of nitrogens with zero attached hydrogens (tertiary/aromatic N) is 1. The third-order valence-corrected chi connectivity index (χ3v) is 2.94. The smallest absolute Gasteiger partial charge is 0.317 e. The molecule has 1 aromatic rings.